The van der Waals surface area contributed by atoms with Crippen LogP contribution in [0, 0.1) is 0 Å². The van der Waals surface area contributed by atoms with Crippen molar-refractivity contribution in [3.8, 4) is 0 Å². The van der Waals surface area contributed by atoms with Gasteiger partial charge in [-0.05, 0) is 39.8 Å². The van der Waals surface area contributed by atoms with Crippen LogP contribution in [0.3, 0.4) is 0 Å². The number of carbonyl (C=O) groups excluding carboxylic acids is 2. The summed E-state index contributed by atoms with van der Waals surface area (Å²) in [5, 5.41) is 5.67. The molecule has 1 saturated heterocycles. The van der Waals surface area contributed by atoms with Crippen LogP contribution in [-0.4, -0.2) is 48.9 Å². The zero-order chi connectivity index (χ0) is 12.4. The van der Waals surface area contributed by atoms with Gasteiger partial charge in [0.05, 0.1) is 12.5 Å². The van der Waals surface area contributed by atoms with Gasteiger partial charge in [0.25, 0.3) is 0 Å². The monoisotopic (exact) mass is 239 g/mol. The highest BCUT2D eigenvalue weighted by Gasteiger charge is 2.37. The number of amides is 2. The van der Waals surface area contributed by atoms with Crippen molar-refractivity contribution >= 4 is 11.8 Å². The highest BCUT2D eigenvalue weighted by atomic mass is 16.2. The Morgan fingerprint density at radius 2 is 1.88 bits per heavy atom. The van der Waals surface area contributed by atoms with Crippen LogP contribution in [0.1, 0.15) is 32.1 Å². The average molecular weight is 239 g/mol. The summed E-state index contributed by atoms with van der Waals surface area (Å²) in [6, 6.07) is 0.790. The second-order valence-electron chi connectivity index (χ2n) is 5.09. The quantitative estimate of drug-likeness (QED) is 0.673. The molecule has 0 spiro atoms. The molecule has 5 nitrogen and oxygen atoms in total. The van der Waals surface area contributed by atoms with Crippen LogP contribution in [0.5, 0.6) is 0 Å². The van der Waals surface area contributed by atoms with Crippen LogP contribution < -0.4 is 10.6 Å². The van der Waals surface area contributed by atoms with Gasteiger partial charge in [-0.1, -0.05) is 0 Å². The molecule has 96 valence electrons. The van der Waals surface area contributed by atoms with E-state index >= 15 is 0 Å². The Kier molecular flexibility index (Phi) is 3.79. The molecule has 2 N–H and O–H groups in total. The van der Waals surface area contributed by atoms with Gasteiger partial charge < -0.3 is 5.32 Å². The minimum absolute atomic E-state index is 0.131. The zero-order valence-corrected chi connectivity index (χ0v) is 10.5. The Balaban J connectivity index is 1.90. The smallest absolute Gasteiger partial charge is 0.244 e. The van der Waals surface area contributed by atoms with Gasteiger partial charge >= 0.3 is 0 Å². The predicted molar refractivity (Wildman–Crippen MR) is 64.4 cm³/mol. The number of hydrogen-bond acceptors (Lipinski definition) is 4. The summed E-state index contributed by atoms with van der Waals surface area (Å²) < 4.78 is 0. The summed E-state index contributed by atoms with van der Waals surface area (Å²) in [5.74, 6) is -0.274. The molecule has 2 amide bonds. The molecule has 2 fully saturated rings. The van der Waals surface area contributed by atoms with Gasteiger partial charge in [0.2, 0.25) is 11.8 Å². The Morgan fingerprint density at radius 3 is 2.35 bits per heavy atom. The molecule has 2 rings (SSSR count). The molecule has 0 aromatic rings. The Bertz CT molecular complexity index is 311. The molecule has 2 aliphatic rings. The third-order valence-electron chi connectivity index (χ3n) is 4.12. The summed E-state index contributed by atoms with van der Waals surface area (Å²) in [5.41, 5.74) is 0. The Hall–Kier alpha value is -0.940. The van der Waals surface area contributed by atoms with E-state index in [0.29, 0.717) is 18.5 Å². The fourth-order valence-electron chi connectivity index (χ4n) is 2.90. The first-order valence-electron chi connectivity index (χ1n) is 6.34. The maximum atomic E-state index is 11.6. The molecule has 1 saturated carbocycles. The number of imide groups is 1. The van der Waals surface area contributed by atoms with Gasteiger partial charge in [0, 0.05) is 12.1 Å². The Morgan fingerprint density at radius 1 is 1.24 bits per heavy atom. The SMILES string of the molecule is CNC1CCC(N(C)C2CC(=O)NC2=O)CC1. The van der Waals surface area contributed by atoms with Crippen LogP contribution in [0.25, 0.3) is 0 Å². The van der Waals surface area contributed by atoms with E-state index in [1.165, 1.54) is 0 Å². The standard InChI is InChI=1S/C12H21N3O2/c1-13-8-3-5-9(6-4-8)15(2)10-7-11(16)14-12(10)17/h8-10,13H,3-7H2,1-2H3,(H,14,16,17). The van der Waals surface area contributed by atoms with Crippen molar-refractivity contribution in [2.24, 2.45) is 0 Å². The molecule has 0 aromatic carbocycles. The van der Waals surface area contributed by atoms with E-state index in [9.17, 15) is 9.59 Å². The highest BCUT2D eigenvalue weighted by Crippen LogP contribution is 2.25. The van der Waals surface area contributed by atoms with Gasteiger partial charge in [-0.25, -0.2) is 0 Å². The first-order valence-corrected chi connectivity index (χ1v) is 6.34. The van der Waals surface area contributed by atoms with Crippen molar-refractivity contribution in [1.29, 1.82) is 0 Å². The lowest BCUT2D eigenvalue weighted by molar-refractivity contribution is -0.126. The first kappa shape index (κ1) is 12.5. The van der Waals surface area contributed by atoms with Crippen molar-refractivity contribution in [3.63, 3.8) is 0 Å². The second kappa shape index (κ2) is 5.14. The van der Waals surface area contributed by atoms with Crippen LogP contribution in [0.4, 0.5) is 0 Å². The van der Waals surface area contributed by atoms with E-state index in [0.717, 1.165) is 25.7 Å². The maximum absolute atomic E-state index is 11.6. The lowest BCUT2D eigenvalue weighted by atomic mass is 9.89. The second-order valence-corrected chi connectivity index (χ2v) is 5.09. The fraction of sp³-hybridized carbons (Fsp3) is 0.833. The molecule has 1 aliphatic heterocycles. The van der Waals surface area contributed by atoms with E-state index in [-0.39, 0.29) is 17.9 Å². The molecule has 0 bridgehead atoms. The lowest BCUT2D eigenvalue weighted by Gasteiger charge is -2.36. The molecule has 5 heteroatoms. The topological polar surface area (TPSA) is 61.4 Å². The van der Waals surface area contributed by atoms with Crippen molar-refractivity contribution < 1.29 is 9.59 Å². The van der Waals surface area contributed by atoms with Gasteiger partial charge in [-0.15, -0.1) is 0 Å². The molecule has 1 atom stereocenters. The van der Waals surface area contributed by atoms with Crippen LogP contribution >= 0.6 is 0 Å². The zero-order valence-electron chi connectivity index (χ0n) is 10.5. The average Bonchev–Trinajstić information content (AvgIpc) is 2.68. The molecule has 1 unspecified atom stereocenters. The van der Waals surface area contributed by atoms with E-state index in [2.05, 4.69) is 15.5 Å². The number of nitrogens with zero attached hydrogens (tertiary/aromatic N) is 1. The number of nitrogens with one attached hydrogen (secondary N) is 2. The van der Waals surface area contributed by atoms with Crippen molar-refractivity contribution in [2.45, 2.75) is 50.2 Å². The summed E-state index contributed by atoms with van der Waals surface area (Å²) in [6.07, 6.45) is 4.81. The van der Waals surface area contributed by atoms with E-state index in [1.54, 1.807) is 0 Å². The summed E-state index contributed by atoms with van der Waals surface area (Å²) in [6.45, 7) is 0. The summed E-state index contributed by atoms with van der Waals surface area (Å²) in [7, 11) is 3.96. The van der Waals surface area contributed by atoms with Gasteiger partial charge in [0.15, 0.2) is 0 Å². The van der Waals surface area contributed by atoms with Crippen LogP contribution in [0.2, 0.25) is 0 Å². The van der Waals surface area contributed by atoms with Crippen molar-refractivity contribution in [2.75, 3.05) is 14.1 Å². The van der Waals surface area contributed by atoms with Gasteiger partial charge in [-0.2, -0.15) is 0 Å². The number of hydrogen-bond donors (Lipinski definition) is 2. The molecule has 17 heavy (non-hydrogen) atoms. The number of carbonyl (C=O) groups is 2. The summed E-state index contributed by atoms with van der Waals surface area (Å²) >= 11 is 0. The van der Waals surface area contributed by atoms with Crippen LogP contribution in [0.15, 0.2) is 0 Å². The van der Waals surface area contributed by atoms with Gasteiger partial charge in [-0.3, -0.25) is 19.8 Å². The van der Waals surface area contributed by atoms with Gasteiger partial charge in [0.1, 0.15) is 0 Å². The lowest BCUT2D eigenvalue weighted by Crippen LogP contribution is -2.47. The highest BCUT2D eigenvalue weighted by molar-refractivity contribution is 6.05. The predicted octanol–water partition coefficient (Wildman–Crippen LogP) is -0.136. The molecule has 0 radical (unpaired) electrons. The third-order valence-corrected chi connectivity index (χ3v) is 4.12. The molecule has 1 heterocycles. The fourth-order valence-corrected chi connectivity index (χ4v) is 2.90. The number of rotatable bonds is 3. The molecular weight excluding hydrogens is 218 g/mol. The van der Waals surface area contributed by atoms with E-state index < -0.39 is 0 Å². The minimum atomic E-state index is -0.251. The minimum Gasteiger partial charge on any atom is -0.317 e. The normalized spacial score (nSPS) is 34.2. The first-order chi connectivity index (χ1) is 8.11. The van der Waals surface area contributed by atoms with Crippen LogP contribution in [-0.2, 0) is 9.59 Å². The maximum Gasteiger partial charge on any atom is 0.244 e. The Labute approximate surface area is 102 Å². The van der Waals surface area contributed by atoms with E-state index in [4.69, 9.17) is 0 Å². The molecule has 1 aliphatic carbocycles. The number of likely N-dealkylation sites (N-methyl/N-ethyl adjacent to an activating group) is 1. The molecule has 0 aromatic heterocycles. The summed E-state index contributed by atoms with van der Waals surface area (Å²) in [4.78, 5) is 24.9. The van der Waals surface area contributed by atoms with Crippen molar-refractivity contribution in [1.82, 2.24) is 15.5 Å². The largest absolute Gasteiger partial charge is 0.317 e. The molecular formula is C12H21N3O2. The van der Waals surface area contributed by atoms with E-state index in [1.807, 2.05) is 14.1 Å². The van der Waals surface area contributed by atoms with Crippen molar-refractivity contribution in [3.05, 3.63) is 0 Å². The third kappa shape index (κ3) is 2.66.